The summed E-state index contributed by atoms with van der Waals surface area (Å²) in [6.07, 6.45) is 9.23. The Hall–Kier alpha value is -1.72. The van der Waals surface area contributed by atoms with Crippen LogP contribution in [0.3, 0.4) is 0 Å². The second kappa shape index (κ2) is 14.1. The number of nitrogens with zero attached hydrogens (tertiary/aromatic N) is 3. The zero-order valence-corrected chi connectivity index (χ0v) is 23.2. The van der Waals surface area contributed by atoms with Crippen molar-refractivity contribution in [3.63, 3.8) is 0 Å². The van der Waals surface area contributed by atoms with Crippen molar-refractivity contribution in [3.8, 4) is 22.5 Å². The Bertz CT molecular complexity index is 1310. The first-order valence-electron chi connectivity index (χ1n) is 12.8. The summed E-state index contributed by atoms with van der Waals surface area (Å²) in [7, 11) is 0. The maximum Gasteiger partial charge on any atom is 1.00 e. The minimum absolute atomic E-state index is 0. The van der Waals surface area contributed by atoms with Gasteiger partial charge in [-0.2, -0.15) is 0 Å². The maximum absolute atomic E-state index is 7.49. The van der Waals surface area contributed by atoms with Crippen molar-refractivity contribution in [1.82, 2.24) is 9.97 Å². The van der Waals surface area contributed by atoms with E-state index < -0.39 is 0 Å². The number of hydrogen-bond donors (Lipinski definition) is 1. The smallest absolute Gasteiger partial charge is 1.00 e. The summed E-state index contributed by atoms with van der Waals surface area (Å²) in [5.74, 6) is 0. The van der Waals surface area contributed by atoms with Crippen molar-refractivity contribution in [2.45, 2.75) is 62.3 Å². The second-order valence-corrected chi connectivity index (χ2v) is 11.6. The van der Waals surface area contributed by atoms with Gasteiger partial charge in [-0.25, -0.2) is 16.5 Å². The van der Waals surface area contributed by atoms with Crippen molar-refractivity contribution in [1.29, 1.82) is 0 Å². The monoisotopic (exact) mass is 550 g/mol. The Morgan fingerprint density at radius 3 is 1.68 bits per heavy atom. The molecule has 0 radical (unpaired) electrons. The number of aromatic nitrogens is 2. The normalized spacial score (nSPS) is 16.8. The molecular formula is C30H36AlLiN4S2. The first-order valence-corrected chi connectivity index (χ1v) is 14.6. The van der Waals surface area contributed by atoms with Gasteiger partial charge in [0.05, 0.1) is 11.4 Å². The van der Waals surface area contributed by atoms with Gasteiger partial charge in [0.15, 0.2) is 22.4 Å². The summed E-state index contributed by atoms with van der Waals surface area (Å²) >= 11 is 3.41. The van der Waals surface area contributed by atoms with E-state index >= 15 is 0 Å². The SMILES string of the molecule is NCC1(c2nc(-c3ccccc3)cs2)CCCC1.[AlH3].[C-]#[N+]C1(c2nc(-c3ccccc3)cs2)CCCC1.[H-].[Li+]. The first kappa shape index (κ1) is 30.8. The number of thiazole rings is 2. The molecule has 8 heteroatoms. The molecule has 0 atom stereocenters. The molecule has 2 saturated carbocycles. The topological polar surface area (TPSA) is 56.2 Å². The quantitative estimate of drug-likeness (QED) is 0.302. The van der Waals surface area contributed by atoms with Crippen LogP contribution in [-0.4, -0.2) is 33.9 Å². The van der Waals surface area contributed by atoms with Crippen molar-refractivity contribution in [3.05, 3.63) is 92.9 Å². The number of nitrogens with two attached hydrogens (primary N) is 1. The fourth-order valence-corrected chi connectivity index (χ4v) is 7.51. The molecule has 2 aromatic carbocycles. The van der Waals surface area contributed by atoms with E-state index in [2.05, 4.69) is 52.0 Å². The van der Waals surface area contributed by atoms with Gasteiger partial charge in [-0.15, -0.1) is 22.7 Å². The van der Waals surface area contributed by atoms with Gasteiger partial charge in [-0.1, -0.05) is 73.5 Å². The van der Waals surface area contributed by atoms with Crippen LogP contribution in [0.2, 0.25) is 0 Å². The van der Waals surface area contributed by atoms with Crippen LogP contribution in [0.4, 0.5) is 0 Å². The molecule has 4 aromatic rings. The molecule has 4 nitrogen and oxygen atoms in total. The second-order valence-electron chi connectivity index (χ2n) is 9.85. The molecule has 38 heavy (non-hydrogen) atoms. The molecule has 2 N–H and O–H groups in total. The summed E-state index contributed by atoms with van der Waals surface area (Å²) in [4.78, 5) is 13.4. The van der Waals surface area contributed by atoms with Crippen LogP contribution in [-0.2, 0) is 11.0 Å². The summed E-state index contributed by atoms with van der Waals surface area (Å²) in [5, 5.41) is 6.49. The predicted molar refractivity (Wildman–Crippen MR) is 162 cm³/mol. The van der Waals surface area contributed by atoms with E-state index in [-0.39, 0.29) is 48.6 Å². The van der Waals surface area contributed by atoms with E-state index in [1.807, 2.05) is 24.3 Å². The molecule has 6 rings (SSSR count). The predicted octanol–water partition coefficient (Wildman–Crippen LogP) is 4.01. The van der Waals surface area contributed by atoms with E-state index in [1.54, 1.807) is 22.7 Å². The van der Waals surface area contributed by atoms with E-state index in [4.69, 9.17) is 22.3 Å². The molecule has 2 aliphatic carbocycles. The van der Waals surface area contributed by atoms with Gasteiger partial charge in [0, 0.05) is 46.7 Å². The van der Waals surface area contributed by atoms with Gasteiger partial charge in [0.1, 0.15) is 5.01 Å². The molecule has 2 aromatic heterocycles. The minimum atomic E-state index is -0.322. The van der Waals surface area contributed by atoms with Gasteiger partial charge in [0.2, 0.25) is 0 Å². The fraction of sp³-hybridized carbons (Fsp3) is 0.367. The van der Waals surface area contributed by atoms with Crippen LogP contribution in [0.5, 0.6) is 0 Å². The Balaban J connectivity index is 0.000000254. The third kappa shape index (κ3) is 6.53. The Kier molecular flexibility index (Phi) is 11.4. The van der Waals surface area contributed by atoms with Crippen LogP contribution in [0.1, 0.15) is 62.8 Å². The van der Waals surface area contributed by atoms with Crippen LogP contribution in [0.15, 0.2) is 71.4 Å². The number of benzene rings is 2. The number of rotatable bonds is 5. The molecule has 0 saturated heterocycles. The molecule has 0 aliphatic heterocycles. The fourth-order valence-electron chi connectivity index (χ4n) is 5.38. The van der Waals surface area contributed by atoms with Crippen molar-refractivity contribution in [2.24, 2.45) is 5.73 Å². The molecule has 0 spiro atoms. The van der Waals surface area contributed by atoms with Crippen LogP contribution >= 0.6 is 22.7 Å². The average Bonchev–Trinajstić information content (AvgIpc) is 3.77. The van der Waals surface area contributed by atoms with Gasteiger partial charge in [-0.05, 0) is 25.7 Å². The summed E-state index contributed by atoms with van der Waals surface area (Å²) < 4.78 is 0. The van der Waals surface area contributed by atoms with Gasteiger partial charge in [-0.3, -0.25) is 0 Å². The third-order valence-electron chi connectivity index (χ3n) is 7.60. The summed E-state index contributed by atoms with van der Waals surface area (Å²) in [6, 6.07) is 20.6. The van der Waals surface area contributed by atoms with Crippen molar-refractivity contribution in [2.75, 3.05) is 6.54 Å². The number of hydrogen-bond acceptors (Lipinski definition) is 5. The third-order valence-corrected chi connectivity index (χ3v) is 9.72. The maximum atomic E-state index is 7.49. The minimum Gasteiger partial charge on any atom is -1.00 e. The Morgan fingerprint density at radius 1 is 0.763 bits per heavy atom. The van der Waals surface area contributed by atoms with E-state index in [9.17, 15) is 0 Å². The van der Waals surface area contributed by atoms with E-state index in [1.165, 1.54) is 36.3 Å². The summed E-state index contributed by atoms with van der Waals surface area (Å²) in [6.45, 7) is 8.22. The molecule has 2 fully saturated rings. The molecule has 192 valence electrons. The Morgan fingerprint density at radius 2 is 1.21 bits per heavy atom. The molecule has 2 heterocycles. The van der Waals surface area contributed by atoms with Gasteiger partial charge >= 0.3 is 18.9 Å². The van der Waals surface area contributed by atoms with Crippen LogP contribution in [0, 0.1) is 6.57 Å². The largest absolute Gasteiger partial charge is 1.00 e. The molecule has 0 bridgehead atoms. The molecule has 0 unspecified atom stereocenters. The molecule has 2 aliphatic rings. The van der Waals surface area contributed by atoms with Crippen molar-refractivity contribution < 1.29 is 20.3 Å². The Labute approximate surface area is 258 Å². The summed E-state index contributed by atoms with van der Waals surface area (Å²) in [5.41, 5.74) is 10.3. The van der Waals surface area contributed by atoms with Crippen LogP contribution in [0.25, 0.3) is 27.4 Å². The van der Waals surface area contributed by atoms with E-state index in [0.29, 0.717) is 0 Å². The zero-order chi connectivity index (χ0) is 24.8. The standard InChI is InChI=1S/C15H14N2S.C15H18N2S.Al.Li.4H/c1-16-15(9-5-6-10-15)14-17-13(11-18-14)12-7-3-2-4-8-12;16-11-15(8-4-5-9-15)14-17-13(10-18-14)12-6-2-1-3-7-12;;;;;;/h2-4,7-8,11H,5-6,9-10H2;1-3,6-7,10H,4-5,8-9,11,16H2;;;;;;/q;;;+1;;;;-1. The van der Waals surface area contributed by atoms with Gasteiger partial charge < -0.3 is 12.0 Å². The van der Waals surface area contributed by atoms with Crippen molar-refractivity contribution >= 4 is 40.0 Å². The molecular weight excluding hydrogens is 514 g/mol. The zero-order valence-electron chi connectivity index (χ0n) is 22.5. The van der Waals surface area contributed by atoms with Gasteiger partial charge in [0.25, 0.3) is 5.54 Å². The molecule has 0 amide bonds. The van der Waals surface area contributed by atoms with E-state index in [0.717, 1.165) is 54.2 Å². The average molecular weight is 551 g/mol. The van der Waals surface area contributed by atoms with Crippen LogP contribution < -0.4 is 24.6 Å². The first-order chi connectivity index (χ1) is 17.7.